The van der Waals surface area contributed by atoms with Gasteiger partial charge in [0.15, 0.2) is 0 Å². The van der Waals surface area contributed by atoms with Gasteiger partial charge in [-0.2, -0.15) is 0 Å². The second-order valence-electron chi connectivity index (χ2n) is 4.88. The van der Waals surface area contributed by atoms with E-state index in [1.54, 1.807) is 7.05 Å². The van der Waals surface area contributed by atoms with E-state index in [-0.39, 0.29) is 5.91 Å². The standard InChI is InChI=1S/C12H24N2O/c1-10(2)11-5-4-7-14(8-6-11)9-12(15)13-3/h10-11H,4-9H2,1-3H3,(H,13,15)/t11-/m1/s1. The van der Waals surface area contributed by atoms with Gasteiger partial charge >= 0.3 is 0 Å². The van der Waals surface area contributed by atoms with Gasteiger partial charge < -0.3 is 5.32 Å². The molecule has 3 heteroatoms. The fourth-order valence-electron chi connectivity index (χ4n) is 2.29. The highest BCUT2D eigenvalue weighted by atomic mass is 16.1. The predicted octanol–water partition coefficient (Wildman–Crippen LogP) is 1.49. The average molecular weight is 212 g/mol. The number of likely N-dealkylation sites (N-methyl/N-ethyl adjacent to an activating group) is 1. The van der Waals surface area contributed by atoms with Crippen LogP contribution in [0.15, 0.2) is 0 Å². The number of likely N-dealkylation sites (tertiary alicyclic amines) is 1. The number of carbonyl (C=O) groups is 1. The number of hydrogen-bond acceptors (Lipinski definition) is 2. The Kier molecular flexibility index (Phi) is 5.09. The summed E-state index contributed by atoms with van der Waals surface area (Å²) < 4.78 is 0. The van der Waals surface area contributed by atoms with Gasteiger partial charge in [-0.1, -0.05) is 13.8 Å². The molecule has 1 fully saturated rings. The molecule has 0 aromatic heterocycles. The highest BCUT2D eigenvalue weighted by Gasteiger charge is 2.20. The number of hydrogen-bond donors (Lipinski definition) is 1. The molecule has 0 bridgehead atoms. The smallest absolute Gasteiger partial charge is 0.233 e. The highest BCUT2D eigenvalue weighted by Crippen LogP contribution is 2.24. The van der Waals surface area contributed by atoms with E-state index in [0.29, 0.717) is 6.54 Å². The highest BCUT2D eigenvalue weighted by molar-refractivity contribution is 5.77. The van der Waals surface area contributed by atoms with E-state index < -0.39 is 0 Å². The van der Waals surface area contributed by atoms with E-state index in [1.807, 2.05) is 0 Å². The lowest BCUT2D eigenvalue weighted by atomic mass is 9.89. The zero-order valence-corrected chi connectivity index (χ0v) is 10.3. The van der Waals surface area contributed by atoms with Crippen molar-refractivity contribution >= 4 is 5.91 Å². The molecule has 0 radical (unpaired) electrons. The molecule has 1 rings (SSSR count). The average Bonchev–Trinajstić information content (AvgIpc) is 2.43. The lowest BCUT2D eigenvalue weighted by Crippen LogP contribution is -2.36. The van der Waals surface area contributed by atoms with Crippen LogP contribution in [0.5, 0.6) is 0 Å². The van der Waals surface area contributed by atoms with E-state index in [4.69, 9.17) is 0 Å². The molecule has 1 saturated heterocycles. The maximum atomic E-state index is 11.3. The molecule has 0 aromatic carbocycles. The number of nitrogens with one attached hydrogen (secondary N) is 1. The molecule has 1 atom stereocenters. The van der Waals surface area contributed by atoms with Crippen LogP contribution < -0.4 is 5.32 Å². The number of carbonyl (C=O) groups excluding carboxylic acids is 1. The summed E-state index contributed by atoms with van der Waals surface area (Å²) in [6, 6.07) is 0. The summed E-state index contributed by atoms with van der Waals surface area (Å²) in [6.07, 6.45) is 3.80. The van der Waals surface area contributed by atoms with E-state index in [0.717, 1.165) is 24.9 Å². The van der Waals surface area contributed by atoms with Crippen molar-refractivity contribution in [1.29, 1.82) is 0 Å². The summed E-state index contributed by atoms with van der Waals surface area (Å²) in [5.41, 5.74) is 0. The zero-order valence-electron chi connectivity index (χ0n) is 10.3. The Morgan fingerprint density at radius 2 is 2.13 bits per heavy atom. The Balaban J connectivity index is 2.35. The van der Waals surface area contributed by atoms with E-state index in [2.05, 4.69) is 24.1 Å². The molecule has 0 spiro atoms. The maximum Gasteiger partial charge on any atom is 0.233 e. The van der Waals surface area contributed by atoms with Gasteiger partial charge in [-0.3, -0.25) is 9.69 Å². The molecular formula is C12H24N2O. The van der Waals surface area contributed by atoms with Crippen LogP contribution in [-0.2, 0) is 4.79 Å². The second kappa shape index (κ2) is 6.11. The fourth-order valence-corrected chi connectivity index (χ4v) is 2.29. The van der Waals surface area contributed by atoms with Crippen LogP contribution in [0.25, 0.3) is 0 Å². The maximum absolute atomic E-state index is 11.3. The molecule has 0 saturated carbocycles. The molecule has 0 aliphatic carbocycles. The predicted molar refractivity (Wildman–Crippen MR) is 62.7 cm³/mol. The summed E-state index contributed by atoms with van der Waals surface area (Å²) in [5, 5.41) is 2.69. The zero-order chi connectivity index (χ0) is 11.3. The lowest BCUT2D eigenvalue weighted by molar-refractivity contribution is -0.121. The SMILES string of the molecule is CNC(=O)CN1CCC[C@@H](C(C)C)CC1. The Morgan fingerprint density at radius 1 is 1.40 bits per heavy atom. The van der Waals surface area contributed by atoms with Gasteiger partial charge in [0.25, 0.3) is 0 Å². The topological polar surface area (TPSA) is 32.3 Å². The van der Waals surface area contributed by atoms with Gasteiger partial charge in [-0.15, -0.1) is 0 Å². The minimum atomic E-state index is 0.137. The van der Waals surface area contributed by atoms with Crippen molar-refractivity contribution in [2.75, 3.05) is 26.7 Å². The first kappa shape index (κ1) is 12.5. The first-order valence-electron chi connectivity index (χ1n) is 6.06. The van der Waals surface area contributed by atoms with Crippen LogP contribution in [0.3, 0.4) is 0 Å². The van der Waals surface area contributed by atoms with Crippen molar-refractivity contribution in [3.8, 4) is 0 Å². The molecule has 88 valence electrons. The van der Waals surface area contributed by atoms with Crippen molar-refractivity contribution in [1.82, 2.24) is 10.2 Å². The first-order valence-corrected chi connectivity index (χ1v) is 6.06. The van der Waals surface area contributed by atoms with Gasteiger partial charge in [-0.25, -0.2) is 0 Å². The molecular weight excluding hydrogens is 188 g/mol. The molecule has 0 aromatic rings. The molecule has 1 heterocycles. The van der Waals surface area contributed by atoms with Gasteiger partial charge in [0.1, 0.15) is 0 Å². The molecule has 1 amide bonds. The third-order valence-electron chi connectivity index (χ3n) is 3.45. The quantitative estimate of drug-likeness (QED) is 0.768. The Labute approximate surface area is 93.2 Å². The molecule has 1 N–H and O–H groups in total. The summed E-state index contributed by atoms with van der Waals surface area (Å²) in [4.78, 5) is 13.5. The van der Waals surface area contributed by atoms with E-state index in [1.165, 1.54) is 19.3 Å². The molecule has 0 unspecified atom stereocenters. The largest absolute Gasteiger partial charge is 0.358 e. The number of rotatable bonds is 3. The first-order chi connectivity index (χ1) is 7.13. The third kappa shape index (κ3) is 4.20. The van der Waals surface area contributed by atoms with E-state index >= 15 is 0 Å². The van der Waals surface area contributed by atoms with Crippen LogP contribution in [0.4, 0.5) is 0 Å². The van der Waals surface area contributed by atoms with Crippen molar-refractivity contribution in [3.05, 3.63) is 0 Å². The van der Waals surface area contributed by atoms with Gasteiger partial charge in [0.05, 0.1) is 6.54 Å². The Hall–Kier alpha value is -0.570. The van der Waals surface area contributed by atoms with Crippen molar-refractivity contribution in [3.63, 3.8) is 0 Å². The molecule has 1 aliphatic rings. The number of nitrogens with zero attached hydrogens (tertiary/aromatic N) is 1. The molecule has 15 heavy (non-hydrogen) atoms. The normalized spacial score (nSPS) is 23.9. The monoisotopic (exact) mass is 212 g/mol. The summed E-state index contributed by atoms with van der Waals surface area (Å²) in [5.74, 6) is 1.77. The van der Waals surface area contributed by atoms with Crippen molar-refractivity contribution in [2.24, 2.45) is 11.8 Å². The minimum Gasteiger partial charge on any atom is -0.358 e. The van der Waals surface area contributed by atoms with Crippen LogP contribution in [-0.4, -0.2) is 37.5 Å². The number of amides is 1. The van der Waals surface area contributed by atoms with Crippen LogP contribution in [0.2, 0.25) is 0 Å². The fraction of sp³-hybridized carbons (Fsp3) is 0.917. The summed E-state index contributed by atoms with van der Waals surface area (Å²) >= 11 is 0. The molecule has 3 nitrogen and oxygen atoms in total. The van der Waals surface area contributed by atoms with Crippen molar-refractivity contribution in [2.45, 2.75) is 33.1 Å². The van der Waals surface area contributed by atoms with Crippen molar-refractivity contribution < 1.29 is 4.79 Å². The third-order valence-corrected chi connectivity index (χ3v) is 3.45. The lowest BCUT2D eigenvalue weighted by Gasteiger charge is -2.20. The molecule has 1 aliphatic heterocycles. The van der Waals surface area contributed by atoms with E-state index in [9.17, 15) is 4.79 Å². The van der Waals surface area contributed by atoms with Gasteiger partial charge in [0.2, 0.25) is 5.91 Å². The van der Waals surface area contributed by atoms with Crippen LogP contribution >= 0.6 is 0 Å². The Bertz CT molecular complexity index is 204. The van der Waals surface area contributed by atoms with Gasteiger partial charge in [0, 0.05) is 7.05 Å². The summed E-state index contributed by atoms with van der Waals surface area (Å²) in [7, 11) is 1.71. The Morgan fingerprint density at radius 3 is 2.73 bits per heavy atom. The van der Waals surface area contributed by atoms with Gasteiger partial charge in [-0.05, 0) is 44.2 Å². The minimum absolute atomic E-state index is 0.137. The van der Waals surface area contributed by atoms with Crippen LogP contribution in [0, 0.1) is 11.8 Å². The summed E-state index contributed by atoms with van der Waals surface area (Å²) in [6.45, 7) is 7.34. The van der Waals surface area contributed by atoms with Crippen LogP contribution in [0.1, 0.15) is 33.1 Å². The second-order valence-corrected chi connectivity index (χ2v) is 4.88.